The zero-order valence-corrected chi connectivity index (χ0v) is 20.6. The number of hydrogen-bond acceptors (Lipinski definition) is 5. The topological polar surface area (TPSA) is 125 Å². The standard InChI is InChI=1S/C24H27ClN4O5S/c25-18-7-9-19(10-8-18)27-23(31)28-35(33,34)20-11-5-16(6-12-20)13-14-26-24(32)29-15-17-3-1-2-4-21(17)22(29)30/h1-6,11-12,18-19H,7-10,13-15H2,(H,26,32)(H2,27,28,31). The lowest BCUT2D eigenvalue weighted by molar-refractivity contribution is 0.0821. The molecule has 2 aromatic carbocycles. The van der Waals surface area contributed by atoms with Gasteiger partial charge in [-0.3, -0.25) is 9.69 Å². The van der Waals surface area contributed by atoms with Crippen LogP contribution in [0.5, 0.6) is 0 Å². The minimum Gasteiger partial charge on any atom is -0.337 e. The Kier molecular flexibility index (Phi) is 7.61. The summed E-state index contributed by atoms with van der Waals surface area (Å²) in [5.74, 6) is -0.323. The number of alkyl halides is 1. The van der Waals surface area contributed by atoms with E-state index < -0.39 is 22.1 Å². The molecule has 1 aliphatic heterocycles. The van der Waals surface area contributed by atoms with E-state index in [0.29, 0.717) is 24.8 Å². The number of nitrogens with zero attached hydrogens (tertiary/aromatic N) is 1. The second-order valence-electron chi connectivity index (χ2n) is 8.70. The zero-order chi connectivity index (χ0) is 25.0. The highest BCUT2D eigenvalue weighted by Crippen LogP contribution is 2.23. The van der Waals surface area contributed by atoms with E-state index in [1.165, 1.54) is 17.0 Å². The number of rotatable bonds is 6. The fourth-order valence-electron chi connectivity index (χ4n) is 4.26. The van der Waals surface area contributed by atoms with Crippen molar-refractivity contribution in [1.82, 2.24) is 20.3 Å². The van der Waals surface area contributed by atoms with E-state index in [-0.39, 0.29) is 35.3 Å². The minimum absolute atomic E-state index is 0.0367. The Balaban J connectivity index is 1.24. The molecule has 3 N–H and O–H groups in total. The summed E-state index contributed by atoms with van der Waals surface area (Å²) in [5.41, 5.74) is 2.14. The molecule has 0 atom stereocenters. The van der Waals surface area contributed by atoms with E-state index in [9.17, 15) is 22.8 Å². The third kappa shape index (κ3) is 6.12. The van der Waals surface area contributed by atoms with Crippen LogP contribution in [0.2, 0.25) is 0 Å². The molecular formula is C24H27ClN4O5S. The highest BCUT2D eigenvalue weighted by molar-refractivity contribution is 7.90. The third-order valence-electron chi connectivity index (χ3n) is 6.21. The summed E-state index contributed by atoms with van der Waals surface area (Å²) in [6.45, 7) is 0.512. The summed E-state index contributed by atoms with van der Waals surface area (Å²) in [6.07, 6.45) is 3.43. The van der Waals surface area contributed by atoms with Gasteiger partial charge in [0.15, 0.2) is 0 Å². The van der Waals surface area contributed by atoms with Crippen molar-refractivity contribution in [3.8, 4) is 0 Å². The second-order valence-corrected chi connectivity index (χ2v) is 11.0. The van der Waals surface area contributed by atoms with E-state index in [1.807, 2.05) is 16.9 Å². The van der Waals surface area contributed by atoms with Gasteiger partial charge in [0, 0.05) is 23.5 Å². The third-order valence-corrected chi connectivity index (χ3v) is 7.99. The van der Waals surface area contributed by atoms with E-state index in [4.69, 9.17) is 11.6 Å². The molecule has 11 heteroatoms. The van der Waals surface area contributed by atoms with Crippen molar-refractivity contribution in [1.29, 1.82) is 0 Å². The maximum Gasteiger partial charge on any atom is 0.328 e. The first-order chi connectivity index (χ1) is 16.7. The van der Waals surface area contributed by atoms with Gasteiger partial charge in [-0.05, 0) is 61.4 Å². The summed E-state index contributed by atoms with van der Waals surface area (Å²) in [5, 5.41) is 5.52. The van der Waals surface area contributed by atoms with Crippen LogP contribution in [0.4, 0.5) is 9.59 Å². The Labute approximate surface area is 209 Å². The van der Waals surface area contributed by atoms with Crippen molar-refractivity contribution >= 4 is 39.6 Å². The number of benzene rings is 2. The van der Waals surface area contributed by atoms with Gasteiger partial charge >= 0.3 is 12.1 Å². The molecule has 0 unspecified atom stereocenters. The van der Waals surface area contributed by atoms with Crippen LogP contribution in [-0.2, 0) is 23.0 Å². The van der Waals surface area contributed by atoms with Crippen LogP contribution in [0.3, 0.4) is 0 Å². The summed E-state index contributed by atoms with van der Waals surface area (Å²) < 4.78 is 27.1. The number of hydrogen-bond donors (Lipinski definition) is 3. The van der Waals surface area contributed by atoms with E-state index in [1.54, 1.807) is 24.3 Å². The molecule has 9 nitrogen and oxygen atoms in total. The number of carbonyl (C=O) groups excluding carboxylic acids is 3. The molecule has 1 heterocycles. The smallest absolute Gasteiger partial charge is 0.328 e. The van der Waals surface area contributed by atoms with Crippen LogP contribution in [0.25, 0.3) is 0 Å². The molecule has 35 heavy (non-hydrogen) atoms. The van der Waals surface area contributed by atoms with E-state index >= 15 is 0 Å². The molecule has 4 rings (SSSR count). The Morgan fingerprint density at radius 3 is 2.37 bits per heavy atom. The average Bonchev–Trinajstić information content (AvgIpc) is 3.17. The largest absolute Gasteiger partial charge is 0.337 e. The summed E-state index contributed by atoms with van der Waals surface area (Å²) in [4.78, 5) is 38.1. The predicted molar refractivity (Wildman–Crippen MR) is 131 cm³/mol. The normalized spacial score (nSPS) is 19.7. The number of nitrogens with one attached hydrogen (secondary N) is 3. The van der Waals surface area contributed by atoms with Crippen molar-refractivity contribution in [2.24, 2.45) is 0 Å². The number of carbonyl (C=O) groups is 3. The molecule has 1 fully saturated rings. The molecular weight excluding hydrogens is 492 g/mol. The van der Waals surface area contributed by atoms with Crippen LogP contribution < -0.4 is 15.4 Å². The fourth-order valence-corrected chi connectivity index (χ4v) is 5.42. The highest BCUT2D eigenvalue weighted by Gasteiger charge is 2.31. The molecule has 2 aromatic rings. The molecule has 0 aromatic heterocycles. The van der Waals surface area contributed by atoms with Gasteiger partial charge in [0.05, 0.1) is 11.4 Å². The summed E-state index contributed by atoms with van der Waals surface area (Å²) in [7, 11) is -4.02. The SMILES string of the molecule is O=C(NC1CCC(Cl)CC1)NS(=O)(=O)c1ccc(CCNC(=O)N2Cc3ccccc3C2=O)cc1. The molecule has 186 valence electrons. The Hall–Kier alpha value is -3.11. The summed E-state index contributed by atoms with van der Waals surface area (Å²) in [6, 6.07) is 11.8. The number of sulfonamides is 1. The van der Waals surface area contributed by atoms with Gasteiger partial charge in [-0.2, -0.15) is 0 Å². The molecule has 1 aliphatic carbocycles. The number of fused-ring (bicyclic) bond motifs is 1. The van der Waals surface area contributed by atoms with Gasteiger partial charge in [0.2, 0.25) is 0 Å². The average molecular weight is 519 g/mol. The molecule has 0 bridgehead atoms. The van der Waals surface area contributed by atoms with Crippen LogP contribution in [0.1, 0.15) is 47.2 Å². The first-order valence-corrected chi connectivity index (χ1v) is 13.4. The van der Waals surface area contributed by atoms with Crippen LogP contribution >= 0.6 is 11.6 Å². The Morgan fingerprint density at radius 2 is 1.69 bits per heavy atom. The highest BCUT2D eigenvalue weighted by atomic mass is 35.5. The van der Waals surface area contributed by atoms with Gasteiger partial charge in [0.25, 0.3) is 15.9 Å². The Morgan fingerprint density at radius 1 is 1.00 bits per heavy atom. The van der Waals surface area contributed by atoms with Crippen molar-refractivity contribution < 1.29 is 22.8 Å². The summed E-state index contributed by atoms with van der Waals surface area (Å²) >= 11 is 6.06. The van der Waals surface area contributed by atoms with Crippen molar-refractivity contribution in [2.45, 2.75) is 55.0 Å². The molecule has 0 saturated heterocycles. The first-order valence-electron chi connectivity index (χ1n) is 11.5. The van der Waals surface area contributed by atoms with Gasteiger partial charge in [-0.1, -0.05) is 30.3 Å². The minimum atomic E-state index is -4.02. The fraction of sp³-hybridized carbons (Fsp3) is 0.375. The monoisotopic (exact) mass is 518 g/mol. The first kappa shape index (κ1) is 25.0. The molecule has 0 spiro atoms. The molecule has 1 saturated carbocycles. The number of amides is 5. The lowest BCUT2D eigenvalue weighted by Crippen LogP contribution is -2.45. The van der Waals surface area contributed by atoms with Gasteiger partial charge in [0.1, 0.15) is 0 Å². The maximum absolute atomic E-state index is 12.5. The van der Waals surface area contributed by atoms with Crippen LogP contribution in [0, 0.1) is 0 Å². The molecule has 2 aliphatic rings. The predicted octanol–water partition coefficient (Wildman–Crippen LogP) is 3.13. The van der Waals surface area contributed by atoms with Gasteiger partial charge in [-0.15, -0.1) is 11.6 Å². The zero-order valence-electron chi connectivity index (χ0n) is 19.0. The maximum atomic E-state index is 12.5. The Bertz CT molecular complexity index is 1210. The lowest BCUT2D eigenvalue weighted by atomic mass is 9.95. The van der Waals surface area contributed by atoms with E-state index in [2.05, 4.69) is 10.6 Å². The van der Waals surface area contributed by atoms with Gasteiger partial charge in [-0.25, -0.2) is 22.7 Å². The number of halogens is 1. The molecule has 5 amide bonds. The van der Waals surface area contributed by atoms with Crippen molar-refractivity contribution in [3.05, 3.63) is 65.2 Å². The second kappa shape index (κ2) is 10.7. The van der Waals surface area contributed by atoms with E-state index in [0.717, 1.165) is 24.0 Å². The number of urea groups is 2. The quantitative estimate of drug-likeness (QED) is 0.507. The van der Waals surface area contributed by atoms with Crippen molar-refractivity contribution in [2.75, 3.05) is 6.54 Å². The van der Waals surface area contributed by atoms with Crippen LogP contribution in [-0.4, -0.2) is 49.3 Å². The molecule has 0 radical (unpaired) electrons. The number of imide groups is 1. The lowest BCUT2D eigenvalue weighted by Gasteiger charge is -2.25. The van der Waals surface area contributed by atoms with Crippen molar-refractivity contribution in [3.63, 3.8) is 0 Å². The van der Waals surface area contributed by atoms with Gasteiger partial charge < -0.3 is 10.6 Å². The van der Waals surface area contributed by atoms with Crippen LogP contribution in [0.15, 0.2) is 53.4 Å².